The second-order valence-electron chi connectivity index (χ2n) is 8.26. The molecule has 0 aromatic carbocycles. The molecule has 0 heterocycles. The molecule has 5 heteroatoms. The molecule has 0 saturated heterocycles. The highest BCUT2D eigenvalue weighted by molar-refractivity contribution is 6.80. The van der Waals surface area contributed by atoms with Gasteiger partial charge in [0.25, 0.3) is 0 Å². The first-order valence-electron chi connectivity index (χ1n) is 8.64. The Balaban J connectivity index is 2.84. The lowest BCUT2D eigenvalue weighted by Crippen LogP contribution is -2.37. The Hall–Kier alpha value is -1.58. The summed E-state index contributed by atoms with van der Waals surface area (Å²) in [7, 11) is -1.26. The van der Waals surface area contributed by atoms with E-state index in [1.54, 1.807) is 11.0 Å². The van der Waals surface area contributed by atoms with Crippen LogP contribution in [0.3, 0.4) is 0 Å². The van der Waals surface area contributed by atoms with Crippen LogP contribution < -0.4 is 0 Å². The van der Waals surface area contributed by atoms with Crippen molar-refractivity contribution in [3.05, 3.63) is 29.3 Å². The Labute approximate surface area is 147 Å². The van der Waals surface area contributed by atoms with Gasteiger partial charge in [0.05, 0.1) is 8.07 Å². The van der Waals surface area contributed by atoms with E-state index in [1.165, 1.54) is 0 Å². The molecule has 0 aromatic heterocycles. The van der Waals surface area contributed by atoms with Gasteiger partial charge >= 0.3 is 6.09 Å². The molecule has 0 N–H and O–H groups in total. The fraction of sp³-hybridized carbons (Fsp3) is 0.632. The zero-order chi connectivity index (χ0) is 18.4. The smallest absolute Gasteiger partial charge is 0.414 e. The van der Waals surface area contributed by atoms with Gasteiger partial charge in [-0.1, -0.05) is 25.3 Å². The maximum absolute atomic E-state index is 12.5. The standard InChI is InChI=1S/C19H31NO3Si/c1-19(2,3)23-18(22)20(16-11-10-12-17(21)15-16)13-8-7-9-14-24(4,5)6/h7,14-15H,8,10-13H2,1-6H3. The molecule has 1 amide bonds. The number of amides is 1. The van der Waals surface area contributed by atoms with E-state index in [1.807, 2.05) is 26.8 Å². The van der Waals surface area contributed by atoms with Crippen molar-refractivity contribution < 1.29 is 14.3 Å². The topological polar surface area (TPSA) is 46.6 Å². The molecule has 0 saturated carbocycles. The lowest BCUT2D eigenvalue weighted by molar-refractivity contribution is -0.115. The van der Waals surface area contributed by atoms with Crippen molar-refractivity contribution >= 4 is 20.0 Å². The van der Waals surface area contributed by atoms with E-state index in [0.717, 1.165) is 18.5 Å². The van der Waals surface area contributed by atoms with Crippen LogP contribution in [0.2, 0.25) is 19.6 Å². The number of hydrogen-bond acceptors (Lipinski definition) is 3. The highest BCUT2D eigenvalue weighted by Gasteiger charge is 2.26. The van der Waals surface area contributed by atoms with E-state index in [0.29, 0.717) is 19.4 Å². The van der Waals surface area contributed by atoms with Crippen LogP contribution >= 0.6 is 0 Å². The van der Waals surface area contributed by atoms with Crippen molar-refractivity contribution in [1.29, 1.82) is 0 Å². The van der Waals surface area contributed by atoms with Crippen LogP contribution in [0, 0.1) is 0 Å². The zero-order valence-corrected chi connectivity index (χ0v) is 16.9. The minimum Gasteiger partial charge on any atom is -0.443 e. The SMILES string of the molecule is CC(C)(C)OC(=O)N(CCC=C=C[Si](C)(C)C)C1=CC(=O)CCC1. The number of carbonyl (C=O) groups is 2. The molecule has 1 aliphatic carbocycles. The molecule has 134 valence electrons. The summed E-state index contributed by atoms with van der Waals surface area (Å²) in [4.78, 5) is 25.8. The van der Waals surface area contributed by atoms with Crippen molar-refractivity contribution in [3.8, 4) is 0 Å². The van der Waals surface area contributed by atoms with Gasteiger partial charge in [-0.3, -0.25) is 9.69 Å². The van der Waals surface area contributed by atoms with Crippen LogP contribution in [0.5, 0.6) is 0 Å². The Bertz CT molecular complexity index is 558. The summed E-state index contributed by atoms with van der Waals surface area (Å²) in [6.07, 6.45) is 5.94. The van der Waals surface area contributed by atoms with Crippen LogP contribution in [0.1, 0.15) is 46.5 Å². The molecule has 0 aliphatic heterocycles. The summed E-state index contributed by atoms with van der Waals surface area (Å²) in [5.41, 5.74) is 5.59. The summed E-state index contributed by atoms with van der Waals surface area (Å²) in [5, 5.41) is 0. The Morgan fingerprint density at radius 1 is 1.33 bits per heavy atom. The molecule has 0 atom stereocenters. The van der Waals surface area contributed by atoms with Gasteiger partial charge in [-0.2, -0.15) is 0 Å². The lowest BCUT2D eigenvalue weighted by atomic mass is 10.0. The van der Waals surface area contributed by atoms with Gasteiger partial charge in [-0.15, -0.1) is 5.73 Å². The van der Waals surface area contributed by atoms with Gasteiger partial charge in [-0.05, 0) is 46.1 Å². The summed E-state index contributed by atoms with van der Waals surface area (Å²) in [5.74, 6) is 0.0824. The van der Waals surface area contributed by atoms with Crippen LogP contribution in [-0.2, 0) is 9.53 Å². The molecule has 0 radical (unpaired) electrons. The highest BCUT2D eigenvalue weighted by atomic mass is 28.3. The van der Waals surface area contributed by atoms with Crippen molar-refractivity contribution in [2.24, 2.45) is 0 Å². The monoisotopic (exact) mass is 349 g/mol. The number of carbonyl (C=O) groups excluding carboxylic acids is 2. The van der Waals surface area contributed by atoms with Gasteiger partial charge in [0.1, 0.15) is 5.60 Å². The normalized spacial score (nSPS) is 15.2. The van der Waals surface area contributed by atoms with Crippen molar-refractivity contribution in [3.63, 3.8) is 0 Å². The van der Waals surface area contributed by atoms with E-state index >= 15 is 0 Å². The molecule has 0 fully saturated rings. The average Bonchev–Trinajstić information content (AvgIpc) is 2.39. The number of nitrogens with zero attached hydrogens (tertiary/aromatic N) is 1. The third-order valence-corrected chi connectivity index (χ3v) is 4.31. The number of ketones is 1. The van der Waals surface area contributed by atoms with E-state index in [-0.39, 0.29) is 11.9 Å². The molecule has 0 unspecified atom stereocenters. The van der Waals surface area contributed by atoms with Crippen LogP contribution in [-0.4, -0.2) is 37.0 Å². The molecule has 1 aliphatic rings. The van der Waals surface area contributed by atoms with Crippen LogP contribution in [0.4, 0.5) is 4.79 Å². The quantitative estimate of drug-likeness (QED) is 0.527. The first-order valence-corrected chi connectivity index (χ1v) is 12.2. The summed E-state index contributed by atoms with van der Waals surface area (Å²) >= 11 is 0. The maximum atomic E-state index is 12.5. The predicted octanol–water partition coefficient (Wildman–Crippen LogP) is 4.84. The van der Waals surface area contributed by atoms with Crippen LogP contribution in [0.25, 0.3) is 0 Å². The van der Waals surface area contributed by atoms with E-state index in [9.17, 15) is 9.59 Å². The minimum atomic E-state index is -1.26. The zero-order valence-electron chi connectivity index (χ0n) is 15.9. The summed E-state index contributed by atoms with van der Waals surface area (Å²) < 4.78 is 5.50. The molecule has 0 spiro atoms. The van der Waals surface area contributed by atoms with Crippen molar-refractivity contribution in [1.82, 2.24) is 4.90 Å². The number of allylic oxidation sites excluding steroid dienone is 2. The van der Waals surface area contributed by atoms with Crippen molar-refractivity contribution in [2.45, 2.75) is 71.7 Å². The highest BCUT2D eigenvalue weighted by Crippen LogP contribution is 2.22. The van der Waals surface area contributed by atoms with Gasteiger partial charge < -0.3 is 4.74 Å². The lowest BCUT2D eigenvalue weighted by Gasteiger charge is -2.30. The first-order chi connectivity index (χ1) is 11.0. The van der Waals surface area contributed by atoms with E-state index in [2.05, 4.69) is 31.1 Å². The Morgan fingerprint density at radius 2 is 2.00 bits per heavy atom. The molecule has 0 bridgehead atoms. The third-order valence-electron chi connectivity index (χ3n) is 3.28. The molecule has 4 nitrogen and oxygen atoms in total. The number of hydrogen-bond donors (Lipinski definition) is 0. The van der Waals surface area contributed by atoms with Crippen molar-refractivity contribution in [2.75, 3.05) is 6.54 Å². The number of rotatable bonds is 5. The first kappa shape index (κ1) is 20.5. The van der Waals surface area contributed by atoms with Gasteiger partial charge in [-0.25, -0.2) is 4.79 Å². The fourth-order valence-corrected chi connectivity index (χ4v) is 2.86. The molecule has 24 heavy (non-hydrogen) atoms. The Kier molecular flexibility index (Phi) is 7.24. The minimum absolute atomic E-state index is 0.0824. The maximum Gasteiger partial charge on any atom is 0.414 e. The molecular formula is C19H31NO3Si. The van der Waals surface area contributed by atoms with Crippen LogP contribution in [0.15, 0.2) is 29.3 Å². The van der Waals surface area contributed by atoms with E-state index < -0.39 is 13.7 Å². The summed E-state index contributed by atoms with van der Waals surface area (Å²) in [6, 6.07) is 0. The second kappa shape index (κ2) is 8.50. The Morgan fingerprint density at radius 3 is 2.54 bits per heavy atom. The van der Waals surface area contributed by atoms with Gasteiger partial charge in [0, 0.05) is 24.7 Å². The van der Waals surface area contributed by atoms with Gasteiger partial charge in [0.2, 0.25) is 0 Å². The number of ether oxygens (including phenoxy) is 1. The molecule has 1 rings (SSSR count). The largest absolute Gasteiger partial charge is 0.443 e. The third kappa shape index (κ3) is 8.32. The molecule has 0 aromatic rings. The van der Waals surface area contributed by atoms with E-state index in [4.69, 9.17) is 4.74 Å². The average molecular weight is 350 g/mol. The van der Waals surface area contributed by atoms with Gasteiger partial charge in [0.15, 0.2) is 5.78 Å². The predicted molar refractivity (Wildman–Crippen MR) is 100 cm³/mol. The molecular weight excluding hydrogens is 318 g/mol. The second-order valence-corrected chi connectivity index (χ2v) is 13.3. The summed E-state index contributed by atoms with van der Waals surface area (Å²) in [6.45, 7) is 12.8. The fourth-order valence-electron chi connectivity index (χ4n) is 2.24.